The molecule has 3 rings (SSSR count). The molecule has 1 N–H and O–H groups in total. The van der Waals surface area contributed by atoms with Crippen molar-refractivity contribution in [3.05, 3.63) is 64.7 Å². The maximum absolute atomic E-state index is 12.5. The van der Waals surface area contributed by atoms with Crippen LogP contribution in [-0.4, -0.2) is 30.1 Å². The second-order valence-electron chi connectivity index (χ2n) is 6.45. The first-order chi connectivity index (χ1) is 12.1. The van der Waals surface area contributed by atoms with E-state index in [9.17, 15) is 4.79 Å². The zero-order valence-electron chi connectivity index (χ0n) is 14.4. The van der Waals surface area contributed by atoms with E-state index in [4.69, 9.17) is 16.3 Å². The number of aryl methyl sites for hydroxylation is 1. The van der Waals surface area contributed by atoms with Crippen LogP contribution in [0.3, 0.4) is 0 Å². The Kier molecular flexibility index (Phi) is 5.95. The van der Waals surface area contributed by atoms with Crippen molar-refractivity contribution in [3.8, 4) is 0 Å². The molecule has 0 radical (unpaired) electrons. The topological polar surface area (TPSA) is 41.6 Å². The van der Waals surface area contributed by atoms with Crippen molar-refractivity contribution in [1.82, 2.24) is 4.90 Å². The van der Waals surface area contributed by atoms with Crippen molar-refractivity contribution in [2.75, 3.05) is 18.4 Å². The Hall–Kier alpha value is -2.04. The minimum atomic E-state index is -0.0695. The van der Waals surface area contributed by atoms with E-state index in [-0.39, 0.29) is 12.1 Å². The summed E-state index contributed by atoms with van der Waals surface area (Å²) in [5, 5.41) is 3.67. The van der Waals surface area contributed by atoms with Crippen LogP contribution < -0.4 is 5.32 Å². The first-order valence-electron chi connectivity index (χ1n) is 8.59. The van der Waals surface area contributed by atoms with E-state index in [2.05, 4.69) is 5.32 Å². The van der Waals surface area contributed by atoms with Crippen molar-refractivity contribution < 1.29 is 9.53 Å². The second kappa shape index (κ2) is 8.37. The number of benzene rings is 2. The maximum Gasteiger partial charge on any atom is 0.321 e. The fourth-order valence-corrected chi connectivity index (χ4v) is 3.15. The van der Waals surface area contributed by atoms with Gasteiger partial charge in [0.15, 0.2) is 0 Å². The van der Waals surface area contributed by atoms with Gasteiger partial charge in [-0.05, 0) is 49.6 Å². The Balaban J connectivity index is 1.51. The normalized spacial score (nSPS) is 17.4. The van der Waals surface area contributed by atoms with E-state index in [1.807, 2.05) is 60.4 Å². The van der Waals surface area contributed by atoms with E-state index < -0.39 is 0 Å². The molecular weight excluding hydrogens is 336 g/mol. The van der Waals surface area contributed by atoms with Gasteiger partial charge < -0.3 is 15.0 Å². The fraction of sp³-hybridized carbons (Fsp3) is 0.350. The monoisotopic (exact) mass is 358 g/mol. The molecule has 5 heteroatoms. The number of piperidine rings is 1. The molecule has 1 aliphatic rings. The molecule has 0 spiro atoms. The molecule has 0 aromatic heterocycles. The van der Waals surface area contributed by atoms with E-state index in [0.717, 1.165) is 30.6 Å². The number of halogens is 1. The summed E-state index contributed by atoms with van der Waals surface area (Å²) < 4.78 is 5.99. The van der Waals surface area contributed by atoms with Crippen LogP contribution in [0.4, 0.5) is 10.5 Å². The first kappa shape index (κ1) is 17.8. The van der Waals surface area contributed by atoms with Gasteiger partial charge in [0.25, 0.3) is 0 Å². The molecule has 4 nitrogen and oxygen atoms in total. The molecule has 1 aliphatic heterocycles. The Bertz CT molecular complexity index is 718. The van der Waals surface area contributed by atoms with Crippen LogP contribution in [-0.2, 0) is 11.3 Å². The number of nitrogens with zero attached hydrogens (tertiary/aromatic N) is 1. The van der Waals surface area contributed by atoms with Gasteiger partial charge in [-0.15, -0.1) is 0 Å². The summed E-state index contributed by atoms with van der Waals surface area (Å²) in [5.41, 5.74) is 3.04. The molecule has 132 valence electrons. The lowest BCUT2D eigenvalue weighted by atomic mass is 10.1. The van der Waals surface area contributed by atoms with Gasteiger partial charge in [0.1, 0.15) is 0 Å². The lowest BCUT2D eigenvalue weighted by Crippen LogP contribution is -2.45. The zero-order valence-corrected chi connectivity index (χ0v) is 15.1. The molecule has 25 heavy (non-hydrogen) atoms. The lowest BCUT2D eigenvalue weighted by Gasteiger charge is -2.32. The van der Waals surface area contributed by atoms with Gasteiger partial charge in [-0.2, -0.15) is 0 Å². The number of carbonyl (C=O) groups is 1. The standard InChI is InChI=1S/C20H23ClN2O2/c1-15-7-9-18(10-8-15)22-20(24)23-11-3-6-19(13-23)25-14-16-4-2-5-17(21)12-16/h2,4-5,7-10,12,19H,3,6,11,13-14H2,1H3,(H,22,24). The highest BCUT2D eigenvalue weighted by molar-refractivity contribution is 6.30. The van der Waals surface area contributed by atoms with E-state index in [0.29, 0.717) is 18.2 Å². The summed E-state index contributed by atoms with van der Waals surface area (Å²) in [6, 6.07) is 15.4. The lowest BCUT2D eigenvalue weighted by molar-refractivity contribution is 0.00102. The van der Waals surface area contributed by atoms with Crippen molar-refractivity contribution in [2.24, 2.45) is 0 Å². The summed E-state index contributed by atoms with van der Waals surface area (Å²) in [4.78, 5) is 14.3. The van der Waals surface area contributed by atoms with Crippen LogP contribution in [0.25, 0.3) is 0 Å². The van der Waals surface area contributed by atoms with Crippen LogP contribution in [0.5, 0.6) is 0 Å². The Morgan fingerprint density at radius 3 is 2.84 bits per heavy atom. The number of hydrogen-bond donors (Lipinski definition) is 1. The summed E-state index contributed by atoms with van der Waals surface area (Å²) in [6.07, 6.45) is 1.97. The van der Waals surface area contributed by atoms with Gasteiger partial charge in [0.05, 0.1) is 12.7 Å². The summed E-state index contributed by atoms with van der Waals surface area (Å²) in [7, 11) is 0. The van der Waals surface area contributed by atoms with E-state index in [1.165, 1.54) is 5.56 Å². The number of nitrogens with one attached hydrogen (secondary N) is 1. The zero-order chi connectivity index (χ0) is 17.6. The number of carbonyl (C=O) groups excluding carboxylic acids is 1. The molecule has 1 atom stereocenters. The van der Waals surface area contributed by atoms with Crippen molar-refractivity contribution in [2.45, 2.75) is 32.5 Å². The summed E-state index contributed by atoms with van der Waals surface area (Å²) >= 11 is 6.00. The second-order valence-corrected chi connectivity index (χ2v) is 6.88. The smallest absolute Gasteiger partial charge is 0.321 e. The predicted molar refractivity (Wildman–Crippen MR) is 101 cm³/mol. The Morgan fingerprint density at radius 1 is 1.28 bits per heavy atom. The minimum absolute atomic E-state index is 0.0523. The van der Waals surface area contributed by atoms with E-state index in [1.54, 1.807) is 0 Å². The average molecular weight is 359 g/mol. The maximum atomic E-state index is 12.5. The van der Waals surface area contributed by atoms with Gasteiger partial charge in [0, 0.05) is 23.8 Å². The van der Waals surface area contributed by atoms with Gasteiger partial charge >= 0.3 is 6.03 Å². The highest BCUT2D eigenvalue weighted by atomic mass is 35.5. The number of urea groups is 1. The molecule has 2 aromatic rings. The number of amides is 2. The third-order valence-electron chi connectivity index (χ3n) is 4.34. The van der Waals surface area contributed by atoms with Crippen LogP contribution in [0.2, 0.25) is 5.02 Å². The third kappa shape index (κ3) is 5.21. The van der Waals surface area contributed by atoms with Gasteiger partial charge in [0.2, 0.25) is 0 Å². The van der Waals surface area contributed by atoms with Crippen molar-refractivity contribution in [3.63, 3.8) is 0 Å². The van der Waals surface area contributed by atoms with Crippen molar-refractivity contribution >= 4 is 23.3 Å². The highest BCUT2D eigenvalue weighted by Crippen LogP contribution is 2.18. The molecule has 2 amide bonds. The number of likely N-dealkylation sites (tertiary alicyclic amines) is 1. The quantitative estimate of drug-likeness (QED) is 0.847. The molecule has 1 unspecified atom stereocenters. The van der Waals surface area contributed by atoms with Gasteiger partial charge in [-0.1, -0.05) is 41.4 Å². The Morgan fingerprint density at radius 2 is 2.08 bits per heavy atom. The third-order valence-corrected chi connectivity index (χ3v) is 4.58. The number of anilines is 1. The largest absolute Gasteiger partial charge is 0.372 e. The van der Waals surface area contributed by atoms with Gasteiger partial charge in [-0.3, -0.25) is 0 Å². The van der Waals surface area contributed by atoms with Crippen LogP contribution in [0.15, 0.2) is 48.5 Å². The molecule has 1 fully saturated rings. The van der Waals surface area contributed by atoms with E-state index >= 15 is 0 Å². The molecule has 0 aliphatic carbocycles. The first-order valence-corrected chi connectivity index (χ1v) is 8.96. The molecule has 1 saturated heterocycles. The summed E-state index contributed by atoms with van der Waals surface area (Å²) in [6.45, 7) is 3.91. The SMILES string of the molecule is Cc1ccc(NC(=O)N2CCCC(OCc3cccc(Cl)c3)C2)cc1. The minimum Gasteiger partial charge on any atom is -0.372 e. The Labute approximate surface area is 153 Å². The number of rotatable bonds is 4. The molecule has 2 aromatic carbocycles. The highest BCUT2D eigenvalue weighted by Gasteiger charge is 2.24. The predicted octanol–water partition coefficient (Wildman–Crippen LogP) is 4.86. The number of ether oxygens (including phenoxy) is 1. The fourth-order valence-electron chi connectivity index (χ4n) is 2.94. The molecular formula is C20H23ClN2O2. The van der Waals surface area contributed by atoms with Gasteiger partial charge in [-0.25, -0.2) is 4.79 Å². The van der Waals surface area contributed by atoms with Crippen LogP contribution in [0, 0.1) is 6.92 Å². The van der Waals surface area contributed by atoms with Crippen LogP contribution >= 0.6 is 11.6 Å². The molecule has 0 bridgehead atoms. The summed E-state index contributed by atoms with van der Waals surface area (Å²) in [5.74, 6) is 0. The van der Waals surface area contributed by atoms with Crippen molar-refractivity contribution in [1.29, 1.82) is 0 Å². The molecule has 0 saturated carbocycles. The van der Waals surface area contributed by atoms with Crippen LogP contribution in [0.1, 0.15) is 24.0 Å². The molecule has 1 heterocycles. The average Bonchev–Trinajstić information content (AvgIpc) is 2.62. The number of hydrogen-bond acceptors (Lipinski definition) is 2.